The number of nitrogens with one attached hydrogen (secondary N) is 3. The highest BCUT2D eigenvalue weighted by molar-refractivity contribution is 5.95. The molecule has 31 heavy (non-hydrogen) atoms. The molecule has 1 aliphatic heterocycles. The molecule has 0 radical (unpaired) electrons. The standard InChI is InChI=1S/C20H35N5O6/c1-11(2)8-13(18(29)22-10-16(27)28)23-19(30)14-6-5-7-25(14)20(31)17(12(3)4)24-15(26)9-21/h11-14,17H,5-10,21H2,1-4H3,(H,22,29)(H,23,30)(H,24,26)(H,27,28)/t13-,14-,17-/m0/s1. The predicted octanol–water partition coefficient (Wildman–Crippen LogP) is -1.19. The number of carboxylic acids is 1. The first-order valence-electron chi connectivity index (χ1n) is 10.6. The summed E-state index contributed by atoms with van der Waals surface area (Å²) in [4.78, 5) is 62.3. The number of hydrogen-bond acceptors (Lipinski definition) is 6. The molecular formula is C20H35N5O6. The van der Waals surface area contributed by atoms with Crippen molar-refractivity contribution < 1.29 is 29.1 Å². The average Bonchev–Trinajstić information content (AvgIpc) is 3.18. The maximum atomic E-state index is 13.1. The van der Waals surface area contributed by atoms with Gasteiger partial charge in [0.1, 0.15) is 24.7 Å². The molecule has 176 valence electrons. The van der Waals surface area contributed by atoms with Crippen molar-refractivity contribution in [1.29, 1.82) is 0 Å². The predicted molar refractivity (Wildman–Crippen MR) is 113 cm³/mol. The monoisotopic (exact) mass is 441 g/mol. The highest BCUT2D eigenvalue weighted by Gasteiger charge is 2.39. The Morgan fingerprint density at radius 3 is 2.26 bits per heavy atom. The molecule has 0 spiro atoms. The first kappa shape index (κ1) is 26.3. The molecule has 0 bridgehead atoms. The number of aliphatic carboxylic acids is 1. The van der Waals surface area contributed by atoms with Crippen LogP contribution in [0.15, 0.2) is 0 Å². The van der Waals surface area contributed by atoms with E-state index in [9.17, 15) is 24.0 Å². The normalized spacial score (nSPS) is 17.9. The van der Waals surface area contributed by atoms with E-state index < -0.39 is 48.4 Å². The van der Waals surface area contributed by atoms with Crippen molar-refractivity contribution in [2.24, 2.45) is 17.6 Å². The molecule has 0 aromatic heterocycles. The van der Waals surface area contributed by atoms with Gasteiger partial charge in [-0.15, -0.1) is 0 Å². The summed E-state index contributed by atoms with van der Waals surface area (Å²) in [6.45, 7) is 6.90. The highest BCUT2D eigenvalue weighted by Crippen LogP contribution is 2.21. The number of hydrogen-bond donors (Lipinski definition) is 5. The second-order valence-corrected chi connectivity index (χ2v) is 8.49. The Labute approximate surface area is 182 Å². The number of carbonyl (C=O) groups is 5. The van der Waals surface area contributed by atoms with Crippen LogP contribution in [0.5, 0.6) is 0 Å². The lowest BCUT2D eigenvalue weighted by atomic mass is 10.0. The minimum absolute atomic E-state index is 0.0685. The number of nitrogens with zero attached hydrogens (tertiary/aromatic N) is 1. The summed E-state index contributed by atoms with van der Waals surface area (Å²) in [6.07, 6.45) is 1.36. The van der Waals surface area contributed by atoms with E-state index >= 15 is 0 Å². The minimum Gasteiger partial charge on any atom is -0.480 e. The molecule has 1 fully saturated rings. The van der Waals surface area contributed by atoms with E-state index in [-0.39, 0.29) is 24.3 Å². The number of amides is 4. The average molecular weight is 442 g/mol. The van der Waals surface area contributed by atoms with Gasteiger partial charge in [-0.3, -0.25) is 24.0 Å². The molecule has 0 unspecified atom stereocenters. The van der Waals surface area contributed by atoms with Crippen molar-refractivity contribution in [1.82, 2.24) is 20.9 Å². The Hall–Kier alpha value is -2.69. The van der Waals surface area contributed by atoms with Crippen LogP contribution in [0.4, 0.5) is 0 Å². The summed E-state index contributed by atoms with van der Waals surface area (Å²) >= 11 is 0. The fourth-order valence-corrected chi connectivity index (χ4v) is 3.48. The van der Waals surface area contributed by atoms with Gasteiger partial charge < -0.3 is 31.7 Å². The topological polar surface area (TPSA) is 171 Å². The summed E-state index contributed by atoms with van der Waals surface area (Å²) < 4.78 is 0. The third-order valence-electron chi connectivity index (χ3n) is 5.03. The van der Waals surface area contributed by atoms with Gasteiger partial charge in [-0.05, 0) is 31.1 Å². The second-order valence-electron chi connectivity index (χ2n) is 8.49. The molecule has 1 heterocycles. The van der Waals surface area contributed by atoms with Crippen LogP contribution in [0.1, 0.15) is 47.0 Å². The van der Waals surface area contributed by atoms with Crippen LogP contribution in [0.25, 0.3) is 0 Å². The fraction of sp³-hybridized carbons (Fsp3) is 0.750. The number of likely N-dealkylation sites (tertiary alicyclic amines) is 1. The summed E-state index contributed by atoms with van der Waals surface area (Å²) in [5, 5.41) is 16.3. The number of nitrogens with two attached hydrogens (primary N) is 1. The zero-order chi connectivity index (χ0) is 23.7. The third-order valence-corrected chi connectivity index (χ3v) is 5.03. The Kier molecular flexibility index (Phi) is 10.4. The van der Waals surface area contributed by atoms with Gasteiger partial charge in [0, 0.05) is 6.54 Å². The van der Waals surface area contributed by atoms with Crippen molar-refractivity contribution in [2.75, 3.05) is 19.6 Å². The van der Waals surface area contributed by atoms with Gasteiger partial charge in [-0.2, -0.15) is 0 Å². The van der Waals surface area contributed by atoms with Gasteiger partial charge >= 0.3 is 5.97 Å². The van der Waals surface area contributed by atoms with Crippen LogP contribution in [0.3, 0.4) is 0 Å². The highest BCUT2D eigenvalue weighted by atomic mass is 16.4. The van der Waals surface area contributed by atoms with Gasteiger partial charge in [0.05, 0.1) is 6.54 Å². The largest absolute Gasteiger partial charge is 0.480 e. The Morgan fingerprint density at radius 2 is 1.74 bits per heavy atom. The van der Waals surface area contributed by atoms with Crippen molar-refractivity contribution in [3.05, 3.63) is 0 Å². The molecule has 0 aromatic rings. The van der Waals surface area contributed by atoms with E-state index in [0.717, 1.165) is 0 Å². The summed E-state index contributed by atoms with van der Waals surface area (Å²) in [5.74, 6) is -3.22. The van der Waals surface area contributed by atoms with Gasteiger partial charge in [-0.1, -0.05) is 27.7 Å². The second kappa shape index (κ2) is 12.2. The summed E-state index contributed by atoms with van der Waals surface area (Å²) in [6, 6.07) is -2.50. The van der Waals surface area contributed by atoms with E-state index in [1.54, 1.807) is 13.8 Å². The van der Waals surface area contributed by atoms with Crippen molar-refractivity contribution in [3.8, 4) is 0 Å². The van der Waals surface area contributed by atoms with Crippen LogP contribution >= 0.6 is 0 Å². The van der Waals surface area contributed by atoms with Crippen molar-refractivity contribution in [3.63, 3.8) is 0 Å². The van der Waals surface area contributed by atoms with E-state index in [0.29, 0.717) is 25.8 Å². The van der Waals surface area contributed by atoms with E-state index in [4.69, 9.17) is 10.8 Å². The van der Waals surface area contributed by atoms with Crippen LogP contribution < -0.4 is 21.7 Å². The molecule has 11 heteroatoms. The lowest BCUT2D eigenvalue weighted by molar-refractivity contribution is -0.143. The smallest absolute Gasteiger partial charge is 0.322 e. The number of carboxylic acid groups (broad SMARTS) is 1. The molecule has 1 saturated heterocycles. The molecule has 1 aliphatic rings. The first-order valence-corrected chi connectivity index (χ1v) is 10.6. The Morgan fingerprint density at radius 1 is 1.10 bits per heavy atom. The number of carbonyl (C=O) groups excluding carboxylic acids is 4. The van der Waals surface area contributed by atoms with Crippen molar-refractivity contribution in [2.45, 2.75) is 65.1 Å². The fourth-order valence-electron chi connectivity index (χ4n) is 3.48. The SMILES string of the molecule is CC(C)C[C@H](NC(=O)[C@@H]1CCCN1C(=O)[C@@H](NC(=O)CN)C(C)C)C(=O)NCC(=O)O. The molecular weight excluding hydrogens is 406 g/mol. The zero-order valence-electron chi connectivity index (χ0n) is 18.6. The van der Waals surface area contributed by atoms with Crippen LogP contribution in [-0.4, -0.2) is 77.4 Å². The lowest BCUT2D eigenvalue weighted by Gasteiger charge is -2.31. The zero-order valence-corrected chi connectivity index (χ0v) is 18.6. The van der Waals surface area contributed by atoms with Crippen molar-refractivity contribution >= 4 is 29.6 Å². The molecule has 11 nitrogen and oxygen atoms in total. The lowest BCUT2D eigenvalue weighted by Crippen LogP contribution is -2.58. The van der Waals surface area contributed by atoms with Crippen LogP contribution in [0, 0.1) is 11.8 Å². The van der Waals surface area contributed by atoms with Gasteiger partial charge in [0.2, 0.25) is 23.6 Å². The summed E-state index contributed by atoms with van der Waals surface area (Å²) in [5.41, 5.74) is 5.34. The molecule has 3 atom stereocenters. The van der Waals surface area contributed by atoms with Gasteiger partial charge in [0.25, 0.3) is 0 Å². The molecule has 1 rings (SSSR count). The quantitative estimate of drug-likeness (QED) is 0.268. The first-order chi connectivity index (χ1) is 14.5. The Balaban J connectivity index is 2.92. The Bertz CT molecular complexity index is 681. The van der Waals surface area contributed by atoms with Crippen LogP contribution in [-0.2, 0) is 24.0 Å². The van der Waals surface area contributed by atoms with Crippen LogP contribution in [0.2, 0.25) is 0 Å². The van der Waals surface area contributed by atoms with Gasteiger partial charge in [-0.25, -0.2) is 0 Å². The number of rotatable bonds is 11. The maximum absolute atomic E-state index is 13.1. The molecule has 6 N–H and O–H groups in total. The van der Waals surface area contributed by atoms with E-state index in [1.807, 2.05) is 13.8 Å². The molecule has 0 saturated carbocycles. The minimum atomic E-state index is -1.19. The maximum Gasteiger partial charge on any atom is 0.322 e. The van der Waals surface area contributed by atoms with E-state index in [1.165, 1.54) is 4.90 Å². The molecule has 0 aromatic carbocycles. The summed E-state index contributed by atoms with van der Waals surface area (Å²) in [7, 11) is 0. The van der Waals surface area contributed by atoms with E-state index in [2.05, 4.69) is 16.0 Å². The molecule has 4 amide bonds. The molecule has 0 aliphatic carbocycles. The third kappa shape index (κ3) is 8.16. The van der Waals surface area contributed by atoms with Gasteiger partial charge in [0.15, 0.2) is 0 Å².